The topological polar surface area (TPSA) is 69.6 Å². The number of rotatable bonds is 8. The van der Waals surface area contributed by atoms with Crippen LogP contribution in [0.3, 0.4) is 0 Å². The van der Waals surface area contributed by atoms with Crippen molar-refractivity contribution >= 4 is 29.0 Å². The number of hydrogen-bond acceptors (Lipinski definition) is 6. The maximum atomic E-state index is 13.1. The van der Waals surface area contributed by atoms with E-state index >= 15 is 0 Å². The first kappa shape index (κ1) is 25.2. The molecule has 0 radical (unpaired) electrons. The van der Waals surface area contributed by atoms with Crippen molar-refractivity contribution in [1.29, 1.82) is 0 Å². The van der Waals surface area contributed by atoms with Gasteiger partial charge < -0.3 is 14.7 Å². The van der Waals surface area contributed by atoms with Crippen molar-refractivity contribution < 1.29 is 9.59 Å². The van der Waals surface area contributed by atoms with Crippen LogP contribution in [0.2, 0.25) is 0 Å². The van der Waals surface area contributed by atoms with E-state index in [9.17, 15) is 9.59 Å². The first-order valence-corrected chi connectivity index (χ1v) is 14.4. The molecule has 7 nitrogen and oxygen atoms in total. The third-order valence-electron chi connectivity index (χ3n) is 7.42. The summed E-state index contributed by atoms with van der Waals surface area (Å²) in [5, 5.41) is 10.9. The van der Waals surface area contributed by atoms with Crippen LogP contribution in [-0.2, 0) is 4.79 Å². The molecule has 2 aromatic carbocycles. The van der Waals surface area contributed by atoms with Gasteiger partial charge >= 0.3 is 0 Å². The molecule has 2 fully saturated rings. The molecule has 39 heavy (non-hydrogen) atoms. The quantitative estimate of drug-likeness (QED) is 0.314. The predicted octanol–water partition coefficient (Wildman–Crippen LogP) is 5.07. The van der Waals surface area contributed by atoms with Crippen molar-refractivity contribution in [3.8, 4) is 22.4 Å². The monoisotopic (exact) mass is 537 g/mol. The second kappa shape index (κ2) is 11.4. The van der Waals surface area contributed by atoms with Gasteiger partial charge in [-0.25, -0.2) is 0 Å². The van der Waals surface area contributed by atoms with Crippen molar-refractivity contribution in [2.75, 3.05) is 44.2 Å². The minimum absolute atomic E-state index is 0.0144. The number of nitrogens with zero attached hydrogens (tertiary/aromatic N) is 5. The molecule has 0 bridgehead atoms. The van der Waals surface area contributed by atoms with Gasteiger partial charge in [0.25, 0.3) is 5.91 Å². The highest BCUT2D eigenvalue weighted by molar-refractivity contribution is 7.12. The normalized spacial score (nSPS) is 15.3. The zero-order chi connectivity index (χ0) is 26.6. The van der Waals surface area contributed by atoms with Crippen LogP contribution in [0.15, 0.2) is 84.2 Å². The van der Waals surface area contributed by atoms with E-state index in [1.54, 1.807) is 4.90 Å². The second-order valence-electron chi connectivity index (χ2n) is 10.2. The summed E-state index contributed by atoms with van der Waals surface area (Å²) in [6.45, 7) is 3.39. The average molecular weight is 538 g/mol. The van der Waals surface area contributed by atoms with E-state index in [2.05, 4.69) is 51.5 Å². The van der Waals surface area contributed by atoms with Gasteiger partial charge in [0.05, 0.1) is 10.6 Å². The lowest BCUT2D eigenvalue weighted by Gasteiger charge is -2.36. The lowest BCUT2D eigenvalue weighted by atomic mass is 10.0. The minimum atomic E-state index is -0.0334. The van der Waals surface area contributed by atoms with Gasteiger partial charge in [-0.1, -0.05) is 60.7 Å². The van der Waals surface area contributed by atoms with E-state index in [1.807, 2.05) is 52.7 Å². The zero-order valence-corrected chi connectivity index (χ0v) is 22.6. The highest BCUT2D eigenvalue weighted by Crippen LogP contribution is 2.30. The van der Waals surface area contributed by atoms with Crippen molar-refractivity contribution in [1.82, 2.24) is 20.0 Å². The molecule has 3 heterocycles. The number of amides is 2. The van der Waals surface area contributed by atoms with Gasteiger partial charge in [-0.3, -0.25) is 9.59 Å². The molecule has 1 saturated carbocycles. The summed E-state index contributed by atoms with van der Waals surface area (Å²) < 4.78 is 0. The van der Waals surface area contributed by atoms with Gasteiger partial charge in [-0.05, 0) is 53.5 Å². The Morgan fingerprint density at radius 1 is 0.795 bits per heavy atom. The molecule has 6 rings (SSSR count). The highest BCUT2D eigenvalue weighted by atomic mass is 32.1. The summed E-state index contributed by atoms with van der Waals surface area (Å²) in [5.74, 6) is 1.33. The SMILES string of the molecule is O=C(CN(CC1CC1)C(=O)c1cccs1)N1CCN(c2ccc(-c3ccc(-c4ccccc4)cc3)nn2)CC1. The third kappa shape index (κ3) is 6.01. The van der Waals surface area contributed by atoms with Crippen molar-refractivity contribution in [2.45, 2.75) is 12.8 Å². The molecule has 4 aromatic rings. The van der Waals surface area contributed by atoms with Crippen LogP contribution in [0.5, 0.6) is 0 Å². The van der Waals surface area contributed by atoms with Gasteiger partial charge in [-0.2, -0.15) is 0 Å². The molecule has 0 unspecified atom stereocenters. The van der Waals surface area contributed by atoms with Crippen LogP contribution in [0.4, 0.5) is 5.82 Å². The Bertz CT molecular complexity index is 1400. The molecule has 0 spiro atoms. The lowest BCUT2D eigenvalue weighted by Crippen LogP contribution is -2.52. The molecule has 2 amide bonds. The fraction of sp³-hybridized carbons (Fsp3) is 0.290. The smallest absolute Gasteiger partial charge is 0.264 e. The summed E-state index contributed by atoms with van der Waals surface area (Å²) in [4.78, 5) is 32.6. The van der Waals surface area contributed by atoms with Crippen molar-refractivity contribution in [3.63, 3.8) is 0 Å². The zero-order valence-electron chi connectivity index (χ0n) is 21.8. The van der Waals surface area contributed by atoms with E-state index in [0.29, 0.717) is 43.5 Å². The predicted molar refractivity (Wildman–Crippen MR) is 155 cm³/mol. The molecule has 198 valence electrons. The summed E-state index contributed by atoms with van der Waals surface area (Å²) in [7, 11) is 0. The number of carbonyl (C=O) groups is 2. The molecule has 1 saturated heterocycles. The average Bonchev–Trinajstić information content (AvgIpc) is 3.65. The van der Waals surface area contributed by atoms with Gasteiger partial charge in [0.1, 0.15) is 6.54 Å². The highest BCUT2D eigenvalue weighted by Gasteiger charge is 2.31. The lowest BCUT2D eigenvalue weighted by molar-refractivity contribution is -0.132. The summed E-state index contributed by atoms with van der Waals surface area (Å²) in [5.41, 5.74) is 4.21. The standard InChI is InChI=1S/C31H31N5O2S/c37-30(22-36(21-23-8-9-23)31(38)28-7-4-20-39-28)35-18-16-34(17-19-35)29-15-14-27(32-33-29)26-12-10-25(11-13-26)24-5-2-1-3-6-24/h1-7,10-15,20,23H,8-9,16-19,21-22H2. The Kier molecular flexibility index (Phi) is 7.36. The number of anilines is 1. The van der Waals surface area contributed by atoms with Crippen LogP contribution in [0.1, 0.15) is 22.5 Å². The maximum absolute atomic E-state index is 13.1. The fourth-order valence-corrected chi connectivity index (χ4v) is 5.64. The Labute approximate surface area is 232 Å². The van der Waals surface area contributed by atoms with E-state index in [0.717, 1.165) is 29.9 Å². The van der Waals surface area contributed by atoms with E-state index in [1.165, 1.54) is 22.5 Å². The second-order valence-corrected chi connectivity index (χ2v) is 11.1. The number of piperazine rings is 1. The van der Waals surface area contributed by atoms with Gasteiger partial charge in [0, 0.05) is 38.3 Å². The van der Waals surface area contributed by atoms with Gasteiger partial charge in [-0.15, -0.1) is 21.5 Å². The summed E-state index contributed by atoms with van der Waals surface area (Å²) in [6.07, 6.45) is 2.28. The number of carbonyl (C=O) groups excluding carboxylic acids is 2. The Balaban J connectivity index is 1.04. The molecule has 8 heteroatoms. The summed E-state index contributed by atoms with van der Waals surface area (Å²) in [6, 6.07) is 26.4. The maximum Gasteiger partial charge on any atom is 0.264 e. The Hall–Kier alpha value is -4.04. The first-order chi connectivity index (χ1) is 19.1. The molecule has 2 aromatic heterocycles. The Morgan fingerprint density at radius 3 is 2.15 bits per heavy atom. The van der Waals surface area contributed by atoms with E-state index in [-0.39, 0.29) is 18.4 Å². The van der Waals surface area contributed by atoms with Gasteiger partial charge in [0.15, 0.2) is 5.82 Å². The Morgan fingerprint density at radius 2 is 1.51 bits per heavy atom. The number of hydrogen-bond donors (Lipinski definition) is 0. The van der Waals surface area contributed by atoms with Crippen LogP contribution in [-0.4, -0.2) is 71.1 Å². The van der Waals surface area contributed by atoms with Crippen LogP contribution in [0.25, 0.3) is 22.4 Å². The number of aromatic nitrogens is 2. The molecular weight excluding hydrogens is 506 g/mol. The molecular formula is C31H31N5O2S. The van der Waals surface area contributed by atoms with E-state index in [4.69, 9.17) is 0 Å². The molecule has 0 N–H and O–H groups in total. The number of thiophene rings is 1. The van der Waals surface area contributed by atoms with Gasteiger partial charge in [0.2, 0.25) is 5.91 Å². The fourth-order valence-electron chi connectivity index (χ4n) is 4.95. The number of benzene rings is 2. The van der Waals surface area contributed by atoms with Crippen molar-refractivity contribution in [2.24, 2.45) is 5.92 Å². The first-order valence-electron chi connectivity index (χ1n) is 13.5. The minimum Gasteiger partial charge on any atom is -0.352 e. The van der Waals surface area contributed by atoms with Crippen LogP contribution >= 0.6 is 11.3 Å². The van der Waals surface area contributed by atoms with Crippen molar-refractivity contribution in [3.05, 3.63) is 89.1 Å². The largest absolute Gasteiger partial charge is 0.352 e. The molecule has 1 aliphatic carbocycles. The molecule has 1 aliphatic heterocycles. The van der Waals surface area contributed by atoms with E-state index < -0.39 is 0 Å². The van der Waals surface area contributed by atoms with Crippen LogP contribution < -0.4 is 4.90 Å². The van der Waals surface area contributed by atoms with Crippen LogP contribution in [0, 0.1) is 5.92 Å². The summed E-state index contributed by atoms with van der Waals surface area (Å²) >= 11 is 1.43. The molecule has 2 aliphatic rings. The third-order valence-corrected chi connectivity index (χ3v) is 8.27. The molecule has 0 atom stereocenters.